The number of hydrogen-bond acceptors (Lipinski definition) is 3. The summed E-state index contributed by atoms with van der Waals surface area (Å²) in [6, 6.07) is 27.8. The normalized spacial score (nSPS) is 15.1. The highest BCUT2D eigenvalue weighted by molar-refractivity contribution is 6.46. The molecule has 200 valence electrons. The Hall–Kier alpha value is -4.25. The fraction of sp³-hybridized carbons (Fsp3) is 0.0857. The Morgan fingerprint density at radius 3 is 2.10 bits per heavy atom. The maximum atomic E-state index is 13.8. The van der Waals surface area contributed by atoms with E-state index in [1.807, 2.05) is 36.4 Å². The average Bonchev–Trinajstić information content (AvgIpc) is 3.18. The van der Waals surface area contributed by atoms with Crippen molar-refractivity contribution in [2.75, 3.05) is 4.90 Å². The van der Waals surface area contributed by atoms with Crippen molar-refractivity contribution in [1.82, 2.24) is 0 Å². The van der Waals surface area contributed by atoms with Crippen LogP contribution in [-0.4, -0.2) is 11.6 Å². The first-order valence-corrected chi connectivity index (χ1v) is 13.9. The molecule has 0 bridgehead atoms. The van der Waals surface area contributed by atoms with Gasteiger partial charge in [0.2, 0.25) is 0 Å². The van der Waals surface area contributed by atoms with Gasteiger partial charge in [-0.3, -0.25) is 9.59 Å². The lowest BCUT2D eigenvalue weighted by Crippen LogP contribution is -2.30. The van der Waals surface area contributed by atoms with Crippen LogP contribution in [0.2, 0.25) is 10.0 Å². The zero-order chi connectivity index (χ0) is 28.6. The van der Waals surface area contributed by atoms with Crippen molar-refractivity contribution in [1.29, 1.82) is 0 Å². The second-order valence-corrected chi connectivity index (χ2v) is 11.7. The summed E-state index contributed by atoms with van der Waals surface area (Å²) in [7, 11) is 0. The predicted molar refractivity (Wildman–Crippen MR) is 164 cm³/mol. The Morgan fingerprint density at radius 2 is 1.41 bits per heavy atom. The van der Waals surface area contributed by atoms with Gasteiger partial charge in [0.15, 0.2) is 11.6 Å². The van der Waals surface area contributed by atoms with Crippen LogP contribution in [0.15, 0.2) is 96.6 Å². The lowest BCUT2D eigenvalue weighted by Gasteiger charge is -2.42. The summed E-state index contributed by atoms with van der Waals surface area (Å²) in [5.41, 5.74) is 6.28. The molecule has 1 aliphatic heterocycles. The number of halogens is 3. The average molecular weight is 578 g/mol. The minimum Gasteiger partial charge on any atom is -0.310 e. The monoisotopic (exact) mass is 577 g/mol. The molecule has 5 aromatic carbocycles. The molecule has 0 radical (unpaired) electrons. The summed E-state index contributed by atoms with van der Waals surface area (Å²) in [6.45, 7) is 4.43. The lowest BCUT2D eigenvalue weighted by molar-refractivity contribution is 0.0990. The summed E-state index contributed by atoms with van der Waals surface area (Å²) < 4.78 is 13.8. The fourth-order valence-electron chi connectivity index (χ4n) is 6.21. The molecule has 5 aromatic rings. The topological polar surface area (TPSA) is 37.4 Å². The first-order chi connectivity index (χ1) is 19.6. The Kier molecular flexibility index (Phi) is 5.73. The molecule has 0 aromatic heterocycles. The van der Waals surface area contributed by atoms with Gasteiger partial charge >= 0.3 is 0 Å². The van der Waals surface area contributed by atoms with Crippen molar-refractivity contribution in [3.05, 3.63) is 140 Å². The molecule has 1 aliphatic carbocycles. The van der Waals surface area contributed by atoms with Gasteiger partial charge in [0.05, 0.1) is 27.0 Å². The predicted octanol–water partition coefficient (Wildman–Crippen LogP) is 9.86. The van der Waals surface area contributed by atoms with Crippen LogP contribution in [0.1, 0.15) is 51.3 Å². The number of carbonyl (C=O) groups is 2. The van der Waals surface area contributed by atoms with Crippen LogP contribution in [0, 0.1) is 5.82 Å². The van der Waals surface area contributed by atoms with Gasteiger partial charge in [0.25, 0.3) is 0 Å². The number of carbonyl (C=O) groups excluding carboxylic acids is 2. The number of rotatable bonds is 2. The van der Waals surface area contributed by atoms with E-state index in [9.17, 15) is 14.0 Å². The van der Waals surface area contributed by atoms with Crippen LogP contribution in [0.5, 0.6) is 0 Å². The number of para-hydroxylation sites is 1. The van der Waals surface area contributed by atoms with Crippen LogP contribution < -0.4 is 4.90 Å². The summed E-state index contributed by atoms with van der Waals surface area (Å²) in [4.78, 5) is 28.4. The third-order valence-corrected chi connectivity index (χ3v) is 8.86. The molecule has 1 heterocycles. The van der Waals surface area contributed by atoms with Gasteiger partial charge in [-0.1, -0.05) is 73.4 Å². The van der Waals surface area contributed by atoms with Crippen molar-refractivity contribution in [3.63, 3.8) is 0 Å². The van der Waals surface area contributed by atoms with E-state index < -0.39 is 0 Å². The van der Waals surface area contributed by atoms with E-state index in [4.69, 9.17) is 23.2 Å². The minimum absolute atomic E-state index is 0.0902. The largest absolute Gasteiger partial charge is 0.310 e. The van der Waals surface area contributed by atoms with Crippen LogP contribution in [-0.2, 0) is 5.41 Å². The molecule has 0 atom stereocenters. The van der Waals surface area contributed by atoms with Gasteiger partial charge < -0.3 is 4.90 Å². The van der Waals surface area contributed by atoms with E-state index in [-0.39, 0.29) is 49.5 Å². The zero-order valence-corrected chi connectivity index (χ0v) is 23.6. The van der Waals surface area contributed by atoms with E-state index in [1.54, 1.807) is 18.2 Å². The zero-order valence-electron chi connectivity index (χ0n) is 22.1. The quantitative estimate of drug-likeness (QED) is 0.155. The van der Waals surface area contributed by atoms with Crippen molar-refractivity contribution in [2.45, 2.75) is 19.3 Å². The van der Waals surface area contributed by atoms with E-state index in [0.29, 0.717) is 0 Å². The highest BCUT2D eigenvalue weighted by atomic mass is 35.5. The van der Waals surface area contributed by atoms with Gasteiger partial charge in [-0.05, 0) is 88.1 Å². The smallest absolute Gasteiger partial charge is 0.197 e. The second-order valence-electron chi connectivity index (χ2n) is 10.9. The molecule has 41 heavy (non-hydrogen) atoms. The number of Topliss-reactive ketones (excluding diaryl/α,β-unsaturated/α-hetero) is 2. The molecule has 0 saturated heterocycles. The van der Waals surface area contributed by atoms with E-state index in [1.165, 1.54) is 24.3 Å². The number of fused-ring (bicyclic) bond motifs is 5. The van der Waals surface area contributed by atoms with Crippen molar-refractivity contribution in [2.24, 2.45) is 0 Å². The molecule has 0 spiro atoms. The Balaban J connectivity index is 1.38. The molecule has 7 rings (SSSR count). The SMILES string of the molecule is CC1(C)c2ccccc2N(c2ccc(F)cc2)c2ccc3cc(C=C4C(=O)c5cc(Cl)c(Cl)cc5C4=O)ccc3c21. The van der Waals surface area contributed by atoms with E-state index in [0.717, 1.165) is 44.5 Å². The summed E-state index contributed by atoms with van der Waals surface area (Å²) in [6.07, 6.45) is 1.64. The number of nitrogens with zero attached hydrogens (tertiary/aromatic N) is 1. The fourth-order valence-corrected chi connectivity index (χ4v) is 6.54. The molecule has 2 aliphatic rings. The summed E-state index contributed by atoms with van der Waals surface area (Å²) in [5, 5.41) is 2.51. The molecule has 0 amide bonds. The van der Waals surface area contributed by atoms with E-state index in [2.05, 4.69) is 36.9 Å². The third-order valence-electron chi connectivity index (χ3n) is 8.14. The van der Waals surface area contributed by atoms with Crippen molar-refractivity contribution < 1.29 is 14.0 Å². The molecule has 0 N–H and O–H groups in total. The summed E-state index contributed by atoms with van der Waals surface area (Å²) in [5.74, 6) is -1.00. The molecule has 0 fully saturated rings. The lowest BCUT2D eigenvalue weighted by atomic mass is 9.71. The third kappa shape index (κ3) is 3.86. The van der Waals surface area contributed by atoms with Crippen LogP contribution >= 0.6 is 23.2 Å². The number of hydrogen-bond donors (Lipinski definition) is 0. The van der Waals surface area contributed by atoms with Crippen LogP contribution in [0.25, 0.3) is 16.8 Å². The number of ketones is 2. The van der Waals surface area contributed by atoms with Gasteiger partial charge in [0.1, 0.15) is 5.82 Å². The Labute approximate surface area is 246 Å². The van der Waals surface area contributed by atoms with Crippen LogP contribution in [0.4, 0.5) is 21.5 Å². The molecule has 0 saturated carbocycles. The molecule has 3 nitrogen and oxygen atoms in total. The minimum atomic E-state index is -0.359. The maximum absolute atomic E-state index is 13.8. The number of allylic oxidation sites excluding steroid dienone is 1. The van der Waals surface area contributed by atoms with Crippen molar-refractivity contribution in [3.8, 4) is 0 Å². The molecule has 0 unspecified atom stereocenters. The van der Waals surface area contributed by atoms with E-state index >= 15 is 0 Å². The van der Waals surface area contributed by atoms with Crippen LogP contribution in [0.3, 0.4) is 0 Å². The molecule has 6 heteroatoms. The molecular formula is C35H22Cl2FNO2. The number of anilines is 3. The Bertz CT molecular complexity index is 1950. The Morgan fingerprint density at radius 1 is 0.756 bits per heavy atom. The number of benzene rings is 5. The maximum Gasteiger partial charge on any atom is 0.197 e. The van der Waals surface area contributed by atoms with Crippen molar-refractivity contribution >= 4 is 68.7 Å². The van der Waals surface area contributed by atoms with Gasteiger partial charge in [-0.2, -0.15) is 0 Å². The van der Waals surface area contributed by atoms with Gasteiger partial charge in [-0.15, -0.1) is 0 Å². The second kappa shape index (κ2) is 9.13. The highest BCUT2D eigenvalue weighted by Crippen LogP contribution is 2.53. The van der Waals surface area contributed by atoms with Gasteiger partial charge in [0, 0.05) is 22.2 Å². The first-order valence-electron chi connectivity index (χ1n) is 13.2. The molecular weight excluding hydrogens is 556 g/mol. The standard InChI is InChI=1S/C35H22Cl2FNO2/c1-35(2)27-5-3-4-6-30(27)39(22-11-9-21(38)10-12-22)31-14-8-20-15-19(7-13-23(20)32(31)35)16-26-33(40)24-17-28(36)29(37)18-25(24)34(26)41/h3-18H,1-2H3. The van der Waals surface area contributed by atoms with Gasteiger partial charge in [-0.25, -0.2) is 4.39 Å². The summed E-state index contributed by atoms with van der Waals surface area (Å²) >= 11 is 12.2. The highest BCUT2D eigenvalue weighted by Gasteiger charge is 2.38. The first kappa shape index (κ1) is 25.7.